The first-order valence-electron chi connectivity index (χ1n) is 8.96. The van der Waals surface area contributed by atoms with Gasteiger partial charge in [-0.3, -0.25) is 4.79 Å². The van der Waals surface area contributed by atoms with Gasteiger partial charge in [0.2, 0.25) is 5.91 Å². The maximum Gasteiger partial charge on any atom is 0.227 e. The molecule has 6 heteroatoms. The van der Waals surface area contributed by atoms with Gasteiger partial charge in [0.25, 0.3) is 0 Å². The number of rotatable bonds is 5. The van der Waals surface area contributed by atoms with Gasteiger partial charge in [-0.2, -0.15) is 0 Å². The second kappa shape index (κ2) is 6.76. The number of carbonyl (C=O) groups excluding carboxylic acids is 1. The lowest BCUT2D eigenvalue weighted by Gasteiger charge is -2.40. The van der Waals surface area contributed by atoms with Crippen LogP contribution in [0.25, 0.3) is 5.69 Å². The lowest BCUT2D eigenvalue weighted by Crippen LogP contribution is -2.51. The predicted molar refractivity (Wildman–Crippen MR) is 101 cm³/mol. The number of sulfone groups is 1. The number of nitrogens with zero attached hydrogens (tertiary/aromatic N) is 2. The highest BCUT2D eigenvalue weighted by molar-refractivity contribution is 7.94. The zero-order chi connectivity index (χ0) is 18.1. The molecule has 0 radical (unpaired) electrons. The van der Waals surface area contributed by atoms with Crippen molar-refractivity contribution in [2.75, 3.05) is 5.75 Å². The predicted octanol–water partition coefficient (Wildman–Crippen LogP) is 2.71. The van der Waals surface area contributed by atoms with Gasteiger partial charge in [0.1, 0.15) is 0 Å². The van der Waals surface area contributed by atoms with Crippen LogP contribution in [0, 0.1) is 0 Å². The first kappa shape index (κ1) is 17.1. The van der Waals surface area contributed by atoms with E-state index in [4.69, 9.17) is 0 Å². The lowest BCUT2D eigenvalue weighted by molar-refractivity contribution is -0.135. The number of amides is 1. The minimum absolute atomic E-state index is 0.00941. The Morgan fingerprint density at radius 3 is 2.35 bits per heavy atom. The summed E-state index contributed by atoms with van der Waals surface area (Å²) in [7, 11) is -3.17. The fraction of sp³-hybridized carbons (Fsp3) is 0.350. The fourth-order valence-electron chi connectivity index (χ4n) is 3.62. The van der Waals surface area contributed by atoms with Crippen LogP contribution < -0.4 is 0 Å². The second-order valence-corrected chi connectivity index (χ2v) is 8.98. The monoisotopic (exact) mass is 370 g/mol. The Bertz CT molecular complexity index is 910. The number of aromatic nitrogens is 1. The molecule has 5 nitrogen and oxygen atoms in total. The van der Waals surface area contributed by atoms with E-state index in [1.165, 1.54) is 5.41 Å². The van der Waals surface area contributed by atoms with Crippen LogP contribution in [-0.2, 0) is 21.1 Å². The van der Waals surface area contributed by atoms with E-state index < -0.39 is 9.84 Å². The summed E-state index contributed by atoms with van der Waals surface area (Å²) in [6.45, 7) is 0. The van der Waals surface area contributed by atoms with Crippen LogP contribution in [0.1, 0.15) is 24.8 Å². The molecule has 1 aromatic heterocycles. The van der Waals surface area contributed by atoms with Crippen LogP contribution in [0.15, 0.2) is 60.3 Å². The highest BCUT2D eigenvalue weighted by atomic mass is 32.2. The minimum Gasteiger partial charge on any atom is -0.332 e. The van der Waals surface area contributed by atoms with Crippen LogP contribution >= 0.6 is 0 Å². The van der Waals surface area contributed by atoms with Crippen molar-refractivity contribution in [2.24, 2.45) is 0 Å². The smallest absolute Gasteiger partial charge is 0.227 e. The number of benzene rings is 1. The zero-order valence-electron chi connectivity index (χ0n) is 14.5. The van der Waals surface area contributed by atoms with Crippen LogP contribution in [-0.4, -0.2) is 41.6 Å². The Hall–Kier alpha value is -2.34. The van der Waals surface area contributed by atoms with E-state index in [1.54, 1.807) is 6.08 Å². The van der Waals surface area contributed by atoms with Crippen molar-refractivity contribution in [1.82, 2.24) is 9.47 Å². The molecule has 1 unspecified atom stereocenters. The topological polar surface area (TPSA) is 59.4 Å². The highest BCUT2D eigenvalue weighted by Gasteiger charge is 2.37. The van der Waals surface area contributed by atoms with Gasteiger partial charge >= 0.3 is 0 Å². The molecule has 26 heavy (non-hydrogen) atoms. The molecule has 0 bridgehead atoms. The Morgan fingerprint density at radius 2 is 1.81 bits per heavy atom. The summed E-state index contributed by atoms with van der Waals surface area (Å²) in [6, 6.07) is 11.7. The third-order valence-corrected chi connectivity index (χ3v) is 6.60. The van der Waals surface area contributed by atoms with Crippen LogP contribution in [0.4, 0.5) is 0 Å². The van der Waals surface area contributed by atoms with Gasteiger partial charge in [0, 0.05) is 29.5 Å². The molecular formula is C20H22N2O3S. The first-order chi connectivity index (χ1) is 12.5. The minimum atomic E-state index is -3.17. The average molecular weight is 370 g/mol. The SMILES string of the molecule is O=C(Cc1ccc(-n2cccc2)cc1)N(C1C=CS(=O)(=O)C1)C1CCC1. The average Bonchev–Trinajstić information content (AvgIpc) is 3.21. The van der Waals surface area contributed by atoms with Crippen molar-refractivity contribution >= 4 is 15.7 Å². The maximum atomic E-state index is 13.0. The number of hydrogen-bond acceptors (Lipinski definition) is 3. The lowest BCUT2D eigenvalue weighted by atomic mass is 9.90. The summed E-state index contributed by atoms with van der Waals surface area (Å²) < 4.78 is 25.6. The van der Waals surface area contributed by atoms with E-state index in [-0.39, 0.29) is 23.7 Å². The molecule has 2 aliphatic rings. The molecule has 2 aromatic rings. The van der Waals surface area contributed by atoms with E-state index in [0.29, 0.717) is 6.42 Å². The first-order valence-corrected chi connectivity index (χ1v) is 10.7. The van der Waals surface area contributed by atoms with Crippen molar-refractivity contribution in [3.8, 4) is 5.69 Å². The molecule has 0 N–H and O–H groups in total. The van der Waals surface area contributed by atoms with Crippen molar-refractivity contribution in [3.05, 3.63) is 65.8 Å². The Labute approximate surface area is 153 Å². The van der Waals surface area contributed by atoms with Crippen molar-refractivity contribution in [3.63, 3.8) is 0 Å². The summed E-state index contributed by atoms with van der Waals surface area (Å²) in [5.41, 5.74) is 1.99. The molecule has 1 atom stereocenters. The van der Waals surface area contributed by atoms with Gasteiger partial charge < -0.3 is 9.47 Å². The van der Waals surface area contributed by atoms with Gasteiger partial charge in [-0.25, -0.2) is 8.42 Å². The van der Waals surface area contributed by atoms with Crippen LogP contribution in [0.5, 0.6) is 0 Å². The van der Waals surface area contributed by atoms with E-state index in [0.717, 1.165) is 30.5 Å². The Balaban J connectivity index is 1.49. The summed E-state index contributed by atoms with van der Waals surface area (Å²) >= 11 is 0. The highest BCUT2D eigenvalue weighted by Crippen LogP contribution is 2.30. The molecule has 0 spiro atoms. The van der Waals surface area contributed by atoms with Crippen molar-refractivity contribution in [2.45, 2.75) is 37.8 Å². The second-order valence-electron chi connectivity index (χ2n) is 7.04. The molecule has 1 aliphatic carbocycles. The maximum absolute atomic E-state index is 13.0. The van der Waals surface area contributed by atoms with Crippen molar-refractivity contribution in [1.29, 1.82) is 0 Å². The fourth-order valence-corrected chi connectivity index (χ4v) is 4.89. The van der Waals surface area contributed by atoms with Gasteiger partial charge in [-0.15, -0.1) is 0 Å². The molecular weight excluding hydrogens is 348 g/mol. The van der Waals surface area contributed by atoms with Gasteiger partial charge in [-0.05, 0) is 55.2 Å². The zero-order valence-corrected chi connectivity index (χ0v) is 15.3. The molecule has 2 heterocycles. The molecule has 1 fully saturated rings. The van der Waals surface area contributed by atoms with E-state index in [2.05, 4.69) is 0 Å². The van der Waals surface area contributed by atoms with E-state index in [1.807, 2.05) is 58.3 Å². The summed E-state index contributed by atoms with van der Waals surface area (Å²) in [6.07, 6.45) is 8.94. The normalized spacial score (nSPS) is 21.5. The largest absolute Gasteiger partial charge is 0.332 e. The number of carbonyl (C=O) groups is 1. The van der Waals surface area contributed by atoms with Gasteiger partial charge in [0.05, 0.1) is 18.2 Å². The molecule has 0 saturated heterocycles. The standard InChI is InChI=1S/C20H22N2O3S/c23-20(14-16-6-8-17(9-7-16)21-11-1-2-12-21)22(18-4-3-5-18)19-10-13-26(24,25)15-19/h1-2,6-13,18-19H,3-5,14-15H2. The molecule has 1 aliphatic heterocycles. The Kier molecular flexibility index (Phi) is 4.44. The third-order valence-electron chi connectivity index (χ3n) is 5.22. The molecule has 1 aromatic carbocycles. The molecule has 1 amide bonds. The molecule has 1 saturated carbocycles. The number of hydrogen-bond donors (Lipinski definition) is 0. The van der Waals surface area contributed by atoms with Gasteiger partial charge in [0.15, 0.2) is 9.84 Å². The van der Waals surface area contributed by atoms with Crippen LogP contribution in [0.3, 0.4) is 0 Å². The van der Waals surface area contributed by atoms with E-state index >= 15 is 0 Å². The quantitative estimate of drug-likeness (QED) is 0.813. The summed E-state index contributed by atoms with van der Waals surface area (Å²) in [5.74, 6) is 0.0251. The summed E-state index contributed by atoms with van der Waals surface area (Å²) in [4.78, 5) is 14.8. The van der Waals surface area contributed by atoms with Crippen molar-refractivity contribution < 1.29 is 13.2 Å². The van der Waals surface area contributed by atoms with Gasteiger partial charge in [-0.1, -0.05) is 12.1 Å². The molecule has 4 rings (SSSR count). The molecule has 136 valence electrons. The summed E-state index contributed by atoms with van der Waals surface area (Å²) in [5, 5.41) is 1.25. The van der Waals surface area contributed by atoms with E-state index in [9.17, 15) is 13.2 Å². The third kappa shape index (κ3) is 3.46. The Morgan fingerprint density at radius 1 is 1.12 bits per heavy atom. The van der Waals surface area contributed by atoms with Crippen LogP contribution in [0.2, 0.25) is 0 Å².